The van der Waals surface area contributed by atoms with Gasteiger partial charge in [0, 0.05) is 17.6 Å². The molecule has 0 spiro atoms. The first-order valence-electron chi connectivity index (χ1n) is 5.08. The van der Waals surface area contributed by atoms with Gasteiger partial charge in [-0.05, 0) is 6.42 Å². The minimum atomic E-state index is -2.28. The lowest BCUT2D eigenvalue weighted by Gasteiger charge is -2.15. The van der Waals surface area contributed by atoms with E-state index in [1.54, 1.807) is 6.08 Å². The summed E-state index contributed by atoms with van der Waals surface area (Å²) in [5.74, 6) is 0. The van der Waals surface area contributed by atoms with Crippen molar-refractivity contribution in [2.24, 2.45) is 0 Å². The molecule has 0 aromatic heterocycles. The van der Waals surface area contributed by atoms with E-state index in [9.17, 15) is 4.57 Å². The molecule has 1 atom stereocenters. The van der Waals surface area contributed by atoms with E-state index in [1.165, 1.54) is 0 Å². The van der Waals surface area contributed by atoms with Gasteiger partial charge >= 0.3 is 0 Å². The van der Waals surface area contributed by atoms with Gasteiger partial charge in [0.15, 0.2) is 0 Å². The van der Waals surface area contributed by atoms with E-state index in [0.29, 0.717) is 12.3 Å². The summed E-state index contributed by atoms with van der Waals surface area (Å²) in [7, 11) is -2.28. The Balaban J connectivity index is 2.95. The van der Waals surface area contributed by atoms with Crippen LogP contribution in [0.25, 0.3) is 0 Å². The van der Waals surface area contributed by atoms with Crippen molar-refractivity contribution in [2.75, 3.05) is 12.3 Å². The molecule has 1 aromatic carbocycles. The van der Waals surface area contributed by atoms with Gasteiger partial charge in [-0.1, -0.05) is 42.5 Å². The van der Waals surface area contributed by atoms with Crippen LogP contribution >= 0.6 is 7.14 Å². The molecule has 0 N–H and O–H groups in total. The summed E-state index contributed by atoms with van der Waals surface area (Å²) < 4.78 is 12.7. The van der Waals surface area contributed by atoms with Crippen molar-refractivity contribution >= 4 is 12.4 Å². The van der Waals surface area contributed by atoms with Crippen LogP contribution in [0.3, 0.4) is 0 Å². The quantitative estimate of drug-likeness (QED) is 0.530. The second-order valence-corrected chi connectivity index (χ2v) is 6.60. The average molecular weight is 220 g/mol. The summed E-state index contributed by atoms with van der Waals surface area (Å²) in [5, 5.41) is 0.951. The lowest BCUT2D eigenvalue weighted by molar-refractivity contribution is 0.582. The molecule has 0 heterocycles. The minimum Gasteiger partial charge on any atom is -0.318 e. The topological polar surface area (TPSA) is 17.1 Å². The lowest BCUT2D eigenvalue weighted by Crippen LogP contribution is -2.09. The second kappa shape index (κ2) is 5.72. The summed E-state index contributed by atoms with van der Waals surface area (Å²) in [5.41, 5.74) is 0. The Kier molecular flexibility index (Phi) is 4.58. The highest BCUT2D eigenvalue weighted by Crippen LogP contribution is 2.44. The van der Waals surface area contributed by atoms with E-state index in [-0.39, 0.29) is 0 Å². The largest absolute Gasteiger partial charge is 0.318 e. The van der Waals surface area contributed by atoms with E-state index in [1.807, 2.05) is 36.4 Å². The van der Waals surface area contributed by atoms with Gasteiger partial charge in [-0.15, -0.1) is 13.2 Å². The van der Waals surface area contributed by atoms with Crippen molar-refractivity contribution in [3.63, 3.8) is 0 Å². The molecule has 0 amide bonds. The Morgan fingerprint density at radius 1 is 1.13 bits per heavy atom. The van der Waals surface area contributed by atoms with Crippen LogP contribution < -0.4 is 5.30 Å². The first-order chi connectivity index (χ1) is 7.23. The van der Waals surface area contributed by atoms with Crippen LogP contribution in [0.5, 0.6) is 0 Å². The zero-order valence-corrected chi connectivity index (χ0v) is 9.83. The fraction of sp³-hybridized carbons (Fsp3) is 0.231. The fourth-order valence-corrected chi connectivity index (χ4v) is 3.92. The van der Waals surface area contributed by atoms with Gasteiger partial charge in [0.05, 0.1) is 0 Å². The standard InChI is InChI=1S/C13H17OP/c1-3-5-12-15(14,11-4-2)13-9-7-6-8-10-13/h3-4,6-10H,1-2,5,11-12H2. The molecule has 2 heteroatoms. The third-order valence-corrected chi connectivity index (χ3v) is 5.41. The molecule has 1 nitrogen and oxygen atoms in total. The van der Waals surface area contributed by atoms with Gasteiger partial charge in [-0.3, -0.25) is 0 Å². The molecule has 0 radical (unpaired) electrons. The van der Waals surface area contributed by atoms with E-state index in [2.05, 4.69) is 13.2 Å². The van der Waals surface area contributed by atoms with Crippen LogP contribution in [0, 0.1) is 0 Å². The molecule has 1 unspecified atom stereocenters. The molecule has 0 aliphatic heterocycles. The van der Waals surface area contributed by atoms with Gasteiger partial charge in [0.2, 0.25) is 0 Å². The molecule has 0 aliphatic rings. The highest BCUT2D eigenvalue weighted by molar-refractivity contribution is 7.71. The van der Waals surface area contributed by atoms with E-state index in [4.69, 9.17) is 0 Å². The molecule has 0 fully saturated rings. The van der Waals surface area contributed by atoms with Crippen molar-refractivity contribution in [3.8, 4) is 0 Å². The van der Waals surface area contributed by atoms with Crippen molar-refractivity contribution in [1.82, 2.24) is 0 Å². The Bertz CT molecular complexity index is 367. The summed E-state index contributed by atoms with van der Waals surface area (Å²) in [4.78, 5) is 0. The lowest BCUT2D eigenvalue weighted by atomic mass is 10.4. The predicted molar refractivity (Wildman–Crippen MR) is 68.4 cm³/mol. The third-order valence-electron chi connectivity index (χ3n) is 2.35. The van der Waals surface area contributed by atoms with Crippen LogP contribution in [-0.4, -0.2) is 12.3 Å². The molecular weight excluding hydrogens is 203 g/mol. The van der Waals surface area contributed by atoms with Crippen molar-refractivity contribution in [1.29, 1.82) is 0 Å². The highest BCUT2D eigenvalue weighted by atomic mass is 31.2. The fourth-order valence-electron chi connectivity index (χ4n) is 1.53. The Morgan fingerprint density at radius 3 is 2.33 bits per heavy atom. The van der Waals surface area contributed by atoms with Crippen LogP contribution in [0.4, 0.5) is 0 Å². The monoisotopic (exact) mass is 220 g/mol. The van der Waals surface area contributed by atoms with E-state index < -0.39 is 7.14 Å². The maximum absolute atomic E-state index is 12.7. The number of hydrogen-bond donors (Lipinski definition) is 0. The van der Waals surface area contributed by atoms with Gasteiger partial charge in [0.25, 0.3) is 0 Å². The summed E-state index contributed by atoms with van der Waals surface area (Å²) in [6.07, 6.45) is 5.62. The van der Waals surface area contributed by atoms with Gasteiger partial charge in [0.1, 0.15) is 7.14 Å². The second-order valence-electron chi connectivity index (χ2n) is 3.50. The van der Waals surface area contributed by atoms with Crippen molar-refractivity contribution < 1.29 is 4.57 Å². The van der Waals surface area contributed by atoms with E-state index >= 15 is 0 Å². The van der Waals surface area contributed by atoms with Crippen LogP contribution in [0.2, 0.25) is 0 Å². The van der Waals surface area contributed by atoms with Crippen LogP contribution in [0.15, 0.2) is 55.6 Å². The molecule has 1 aromatic rings. The van der Waals surface area contributed by atoms with Gasteiger partial charge in [-0.2, -0.15) is 0 Å². The Hall–Kier alpha value is -1.07. The first kappa shape index (κ1) is 12.0. The summed E-state index contributed by atoms with van der Waals surface area (Å²) in [6.45, 7) is 7.35. The van der Waals surface area contributed by atoms with Crippen molar-refractivity contribution in [2.45, 2.75) is 6.42 Å². The van der Waals surface area contributed by atoms with Gasteiger partial charge in [-0.25, -0.2) is 0 Å². The minimum absolute atomic E-state index is 0.574. The average Bonchev–Trinajstić information content (AvgIpc) is 2.28. The van der Waals surface area contributed by atoms with Crippen LogP contribution in [0.1, 0.15) is 6.42 Å². The van der Waals surface area contributed by atoms with Crippen LogP contribution in [-0.2, 0) is 4.57 Å². The molecule has 0 bridgehead atoms. The molecule has 80 valence electrons. The smallest absolute Gasteiger partial charge is 0.119 e. The summed E-state index contributed by atoms with van der Waals surface area (Å²) in [6, 6.07) is 9.67. The molecule has 15 heavy (non-hydrogen) atoms. The first-order valence-corrected chi connectivity index (χ1v) is 7.16. The zero-order chi connectivity index (χ0) is 11.1. The maximum atomic E-state index is 12.7. The third kappa shape index (κ3) is 3.21. The maximum Gasteiger partial charge on any atom is 0.119 e. The molecular formula is C13H17OP. The van der Waals surface area contributed by atoms with Crippen molar-refractivity contribution in [3.05, 3.63) is 55.6 Å². The SMILES string of the molecule is C=CCCP(=O)(CC=C)c1ccccc1. The Labute approximate surface area is 91.9 Å². The predicted octanol–water partition coefficient (Wildman–Crippen LogP) is 3.44. The molecule has 1 rings (SSSR count). The molecule has 0 aliphatic carbocycles. The Morgan fingerprint density at radius 2 is 1.80 bits per heavy atom. The van der Waals surface area contributed by atoms with Gasteiger partial charge < -0.3 is 4.57 Å². The molecule has 0 saturated carbocycles. The zero-order valence-electron chi connectivity index (χ0n) is 8.93. The number of allylic oxidation sites excluding steroid dienone is 2. The number of hydrogen-bond acceptors (Lipinski definition) is 1. The molecule has 0 saturated heterocycles. The summed E-state index contributed by atoms with van der Waals surface area (Å²) >= 11 is 0. The normalized spacial score (nSPS) is 14.1. The number of benzene rings is 1. The number of rotatable bonds is 6. The van der Waals surface area contributed by atoms with E-state index in [0.717, 1.165) is 11.7 Å². The highest BCUT2D eigenvalue weighted by Gasteiger charge is 2.21.